The van der Waals surface area contributed by atoms with Crippen LogP contribution in [-0.2, 0) is 57.2 Å². The van der Waals surface area contributed by atoms with Crippen molar-refractivity contribution in [3.05, 3.63) is 291 Å². The maximum Gasteiger partial charge on any atom is 0.416 e. The molecule has 15 aliphatic rings. The van der Waals surface area contributed by atoms with Gasteiger partial charge in [-0.05, 0) is 205 Å². The fraction of sp³-hybridized carbons (Fsp3) is 0.455. The van der Waals surface area contributed by atoms with Crippen LogP contribution < -0.4 is 26.6 Å². The summed E-state index contributed by atoms with van der Waals surface area (Å²) < 4.78 is 55.6. The summed E-state index contributed by atoms with van der Waals surface area (Å²) >= 11 is 0. The number of nitrogens with zero attached hydrogens (tertiary/aromatic N) is 6. The van der Waals surface area contributed by atoms with Crippen molar-refractivity contribution in [3.8, 4) is 6.07 Å². The van der Waals surface area contributed by atoms with Crippen LogP contribution in [0.2, 0.25) is 0 Å². The number of allylic oxidation sites excluding steroid dienone is 10. The molecule has 10 heterocycles. The first kappa shape index (κ1) is 90.9. The summed E-state index contributed by atoms with van der Waals surface area (Å²) in [4.78, 5) is 66.8. The van der Waals surface area contributed by atoms with Gasteiger partial charge < -0.3 is 26.6 Å². The Morgan fingerprint density at radius 1 is 0.307 bits per heavy atom. The van der Waals surface area contributed by atoms with Crippen LogP contribution in [0.25, 0.3) is 0 Å². The summed E-state index contributed by atoms with van der Waals surface area (Å²) in [5.41, 5.74) is 20.0. The van der Waals surface area contributed by atoms with Crippen molar-refractivity contribution in [3.63, 3.8) is 0 Å². The Kier molecular flexibility index (Phi) is 21.2. The predicted octanol–water partition coefficient (Wildman–Crippen LogP) is 24.3. The average molecular weight is 1850 g/mol. The van der Waals surface area contributed by atoms with E-state index in [0.717, 1.165) is 178 Å². The molecular weight excluding hydrogens is 1730 g/mol. The third-order valence-electron chi connectivity index (χ3n) is 32.1. The molecule has 10 aromatic rings. The highest BCUT2D eigenvalue weighted by molar-refractivity contribution is 6.07. The van der Waals surface area contributed by atoms with Gasteiger partial charge in [0.1, 0.15) is 5.82 Å². The number of aromatic amines is 5. The predicted molar refractivity (Wildman–Crippen MR) is 520 cm³/mol. The third-order valence-corrected chi connectivity index (χ3v) is 32.1. The number of Topliss-reactive ketones (excluding diaryl/α,β-unsaturated/α-hetero) is 5. The van der Waals surface area contributed by atoms with Crippen LogP contribution in [0.5, 0.6) is 0 Å². The first-order valence-corrected chi connectivity index (χ1v) is 49.1. The molecule has 0 saturated heterocycles. The molecular formula is C112H122F4N16O5. The zero-order valence-electron chi connectivity index (χ0n) is 81.0. The Morgan fingerprint density at radius 2 is 0.555 bits per heavy atom. The van der Waals surface area contributed by atoms with Crippen LogP contribution >= 0.6 is 0 Å². The number of aromatic nitrogens is 10. The van der Waals surface area contributed by atoms with Crippen molar-refractivity contribution in [1.29, 1.82) is 5.26 Å². The number of halogens is 4. The number of fused-ring (bicyclic) bond motifs is 5. The quantitative estimate of drug-likeness (QED) is 0.0569. The van der Waals surface area contributed by atoms with Gasteiger partial charge in [0.2, 0.25) is 0 Å². The smallest absolute Gasteiger partial charge is 0.342 e. The highest BCUT2D eigenvalue weighted by Crippen LogP contribution is 2.64. The zero-order chi connectivity index (χ0) is 96.3. The van der Waals surface area contributed by atoms with Crippen LogP contribution in [0.4, 0.5) is 46.7 Å². The second kappa shape index (κ2) is 32.0. The molecule has 10 aliphatic carbocycles. The molecule has 10 N–H and O–H groups in total. The molecule has 5 aromatic carbocycles. The Balaban J connectivity index is 0.000000102. The van der Waals surface area contributed by atoms with E-state index in [1.807, 2.05) is 76.2 Å². The number of nitrogens with one attached hydrogen (secondary N) is 10. The highest BCUT2D eigenvalue weighted by Gasteiger charge is 2.59. The minimum atomic E-state index is -4.45. The molecule has 0 radical (unpaired) electrons. The van der Waals surface area contributed by atoms with Gasteiger partial charge in [-0.15, -0.1) is 0 Å². The van der Waals surface area contributed by atoms with E-state index in [0.29, 0.717) is 102 Å². The SMILES string of the molecule is CC1(C)CC(=O)C2=C(C1)Nc1n[nH]c(C3CC3)c1C2(C)c1cccc(C#N)c1.CC1(C)CC(=O)C2=C(C1)Nc1n[nH]c(C3CC3)c1C2(C)c1cccc(C(F)(F)F)c1.CC1(C)CC(=O)C2=C(C1)Nc1n[nH]c(C3CC3)c1C2(C)c1ccccc1F.CC1(C)CC(=O)C2=C(C1)Nc1n[nH]c(C3CC3)c1[C@@]2(C)c1ccccc1.CC1(C)CC(=O)C2=C(C1)Nc1n[nH]c(C3CC3)c1[C@]2(C)c1ccccc1. The molecule has 0 bridgehead atoms. The molecule has 25 rings (SSSR count). The maximum atomic E-state index is 15.0. The maximum absolute atomic E-state index is 15.0. The van der Waals surface area contributed by atoms with Gasteiger partial charge in [0.25, 0.3) is 0 Å². The van der Waals surface area contributed by atoms with Gasteiger partial charge in [-0.3, -0.25) is 49.5 Å². The van der Waals surface area contributed by atoms with Crippen LogP contribution in [0.15, 0.2) is 190 Å². The van der Waals surface area contributed by atoms with E-state index < -0.39 is 38.8 Å². The van der Waals surface area contributed by atoms with Crippen LogP contribution in [0.1, 0.15) is 357 Å². The monoisotopic (exact) mass is 1850 g/mol. The molecule has 3 unspecified atom stereocenters. The summed E-state index contributed by atoms with van der Waals surface area (Å²) in [6.45, 7) is 31.7. The average Bonchev–Trinajstić information content (AvgIpc) is 1.63. The van der Waals surface area contributed by atoms with Gasteiger partial charge in [-0.25, -0.2) is 4.39 Å². The van der Waals surface area contributed by atoms with E-state index in [2.05, 4.69) is 208 Å². The minimum Gasteiger partial charge on any atom is -0.342 e. The van der Waals surface area contributed by atoms with Gasteiger partial charge in [-0.2, -0.15) is 43.9 Å². The lowest BCUT2D eigenvalue weighted by atomic mass is 9.61. The number of carbonyl (C=O) groups excluding carboxylic acids is 5. The fourth-order valence-corrected chi connectivity index (χ4v) is 25.2. The molecule has 5 atom stereocenters. The Hall–Kier alpha value is -12.6. The lowest BCUT2D eigenvalue weighted by Crippen LogP contribution is -2.42. The lowest BCUT2D eigenvalue weighted by molar-refractivity contribution is -0.137. The largest absolute Gasteiger partial charge is 0.416 e. The molecule has 708 valence electrons. The molecule has 5 aromatic heterocycles. The molecule has 21 nitrogen and oxygen atoms in total. The first-order chi connectivity index (χ1) is 64.9. The number of H-pyrrole nitrogens is 5. The summed E-state index contributed by atoms with van der Waals surface area (Å²) in [6, 6.07) is 43.1. The van der Waals surface area contributed by atoms with E-state index in [-0.39, 0.29) is 61.8 Å². The van der Waals surface area contributed by atoms with Crippen molar-refractivity contribution in [1.82, 2.24) is 51.0 Å². The number of hydrogen-bond donors (Lipinski definition) is 10. The van der Waals surface area contributed by atoms with Crippen molar-refractivity contribution in [2.75, 3.05) is 26.6 Å². The number of anilines is 5. The highest BCUT2D eigenvalue weighted by atomic mass is 19.4. The summed E-state index contributed by atoms with van der Waals surface area (Å²) in [7, 11) is 0. The number of carbonyl (C=O) groups is 5. The van der Waals surface area contributed by atoms with Crippen molar-refractivity contribution < 1.29 is 41.5 Å². The Bertz CT molecular complexity index is 6790. The van der Waals surface area contributed by atoms with Gasteiger partial charge in [0.05, 0.1) is 44.3 Å². The standard InChI is InChI=1S/C23H24F3N3O.C23H24N4O.C22H24FN3O.2C22H25N3O/c1-21(2)10-15-17(16(30)11-21)22(3,13-5-4-6-14(9-13)23(24,25)26)18-19(12-7-8-12)28-29-20(18)27-15;1-22(2)10-16-18(17(28)11-22)23(3,15-6-4-5-13(9-15)12-24)19-20(14-7-8-14)26-27-21(19)25-16;1-21(2)10-15-17(16(27)11-21)22(3,13-6-4-5-7-14(13)23)18-19(12-8-9-12)25-26-20(18)24-15;2*1-21(2)11-15-17(16(26)12-21)22(3,14-7-5-4-6-8-14)18-19(13-9-10-13)24-25-20(18)23-15/h4-6,9,12H,7-8,10-11H2,1-3H3,(H2,27,28,29);4-6,9,14H,7-8,10-11H2,1-3H3,(H2,25,26,27);4-7,12H,8-11H2,1-3H3,(H2,24,25,26);2*4-8,13H,9-12H2,1-3H3,(H2,23,24,25)/t;;;2*22-/m...10/s1. The normalized spacial score (nSPS) is 26.3. The van der Waals surface area contributed by atoms with E-state index >= 15 is 4.39 Å². The number of rotatable bonds is 10. The number of hydrogen-bond acceptors (Lipinski definition) is 16. The lowest BCUT2D eigenvalue weighted by Gasteiger charge is -2.44. The van der Waals surface area contributed by atoms with Crippen molar-refractivity contribution >= 4 is 58.0 Å². The van der Waals surface area contributed by atoms with E-state index in [1.165, 1.54) is 77.5 Å². The zero-order valence-corrected chi connectivity index (χ0v) is 81.0. The molecule has 5 saturated carbocycles. The molecule has 5 aliphatic heterocycles. The van der Waals surface area contributed by atoms with Gasteiger partial charge in [0.15, 0.2) is 58.0 Å². The summed E-state index contributed by atoms with van der Waals surface area (Å²) in [5, 5.41) is 65.8. The Labute approximate surface area is 796 Å². The minimum absolute atomic E-state index is 0.0118. The molecule has 25 heteroatoms. The van der Waals surface area contributed by atoms with E-state index in [1.54, 1.807) is 12.1 Å². The third kappa shape index (κ3) is 15.5. The van der Waals surface area contributed by atoms with Crippen molar-refractivity contribution in [2.24, 2.45) is 27.1 Å². The molecule has 0 amide bonds. The van der Waals surface area contributed by atoms with E-state index in [4.69, 9.17) is 0 Å². The topological polar surface area (TPSA) is 313 Å². The number of alkyl halides is 3. The van der Waals surface area contributed by atoms with Gasteiger partial charge in [0, 0.05) is 180 Å². The Morgan fingerprint density at radius 3 is 0.832 bits per heavy atom. The summed E-state index contributed by atoms with van der Waals surface area (Å²) in [5.74, 6) is 6.86. The number of ketones is 5. The van der Waals surface area contributed by atoms with Crippen molar-refractivity contribution in [2.45, 2.75) is 295 Å². The van der Waals surface area contributed by atoms with Crippen LogP contribution in [-0.4, -0.2) is 79.9 Å². The molecule has 5 fully saturated rings. The second-order valence-corrected chi connectivity index (χ2v) is 46.4. The van der Waals surface area contributed by atoms with E-state index in [9.17, 15) is 42.4 Å². The summed E-state index contributed by atoms with van der Waals surface area (Å²) in [6.07, 6.45) is 13.4. The van der Waals surface area contributed by atoms with Crippen LogP contribution in [0.3, 0.4) is 0 Å². The second-order valence-electron chi connectivity index (χ2n) is 46.4. The van der Waals surface area contributed by atoms with Crippen LogP contribution in [0, 0.1) is 44.2 Å². The molecule has 137 heavy (non-hydrogen) atoms. The van der Waals surface area contributed by atoms with Gasteiger partial charge in [-0.1, -0.05) is 178 Å². The first-order valence-electron chi connectivity index (χ1n) is 49.1. The number of benzene rings is 5. The number of nitriles is 1. The van der Waals surface area contributed by atoms with Gasteiger partial charge >= 0.3 is 6.18 Å². The molecule has 0 spiro atoms. The fourth-order valence-electron chi connectivity index (χ4n) is 25.2.